The molecule has 0 amide bonds. The average molecular weight is 286 g/mol. The molecule has 0 fully saturated rings. The summed E-state index contributed by atoms with van der Waals surface area (Å²) in [6, 6.07) is 0. The molecule has 0 aromatic carbocycles. The van der Waals surface area contributed by atoms with Crippen LogP contribution in [-0.2, 0) is 24.4 Å². The summed E-state index contributed by atoms with van der Waals surface area (Å²) in [4.78, 5) is 0. The van der Waals surface area contributed by atoms with E-state index < -0.39 is 0 Å². The normalized spacial score (nSPS) is 17.3. The Hall–Kier alpha value is 0.350. The van der Waals surface area contributed by atoms with Gasteiger partial charge in [0.15, 0.2) is 0 Å². The minimum absolute atomic E-state index is 1.25. The van der Waals surface area contributed by atoms with Crippen LogP contribution in [0, 0.1) is 0 Å². The molecule has 0 aromatic heterocycles. The molecule has 0 N–H and O–H groups in total. The van der Waals surface area contributed by atoms with Gasteiger partial charge in [-0.15, -0.1) is 0 Å². The summed E-state index contributed by atoms with van der Waals surface area (Å²) >= 11 is 1.26. The molecule has 0 spiro atoms. The summed E-state index contributed by atoms with van der Waals surface area (Å²) in [5.74, 6) is 0. The second-order valence-corrected chi connectivity index (χ2v) is 4.71. The second-order valence-electron chi connectivity index (χ2n) is 2.40. The van der Waals surface area contributed by atoms with Gasteiger partial charge in [0.2, 0.25) is 0 Å². The fraction of sp³-hybridized carbons (Fsp3) is 0.500. The van der Waals surface area contributed by atoms with Crippen molar-refractivity contribution in [2.75, 3.05) is 0 Å². The molecule has 1 aliphatic rings. The van der Waals surface area contributed by atoms with Crippen LogP contribution in [-0.4, -0.2) is 0 Å². The van der Waals surface area contributed by atoms with Gasteiger partial charge in [0.25, 0.3) is 0 Å². The molecule has 47 valence electrons. The zero-order valence-electron chi connectivity index (χ0n) is 5.78. The first-order valence-corrected chi connectivity index (χ1v) is 5.23. The molecule has 1 aliphatic carbocycles. The molecule has 0 aromatic rings. The van der Waals surface area contributed by atoms with E-state index in [1.54, 1.807) is 8.90 Å². The van der Waals surface area contributed by atoms with Gasteiger partial charge in [-0.1, -0.05) is 0 Å². The van der Waals surface area contributed by atoms with Crippen LogP contribution in [0.5, 0.6) is 0 Å². The zero-order chi connectivity index (χ0) is 6.69. The summed E-state index contributed by atoms with van der Waals surface area (Å²) in [7, 11) is 0. The molecule has 0 atom stereocenters. The van der Waals surface area contributed by atoms with E-state index in [1.807, 2.05) is 0 Å². The Labute approximate surface area is 71.6 Å². The first-order chi connectivity index (χ1) is 4.33. The van der Waals surface area contributed by atoms with Gasteiger partial charge < -0.3 is 0 Å². The molecule has 0 nitrogen and oxygen atoms in total. The van der Waals surface area contributed by atoms with Crippen molar-refractivity contribution in [3.8, 4) is 0 Å². The Morgan fingerprint density at radius 1 is 1.67 bits per heavy atom. The third-order valence-electron chi connectivity index (χ3n) is 1.48. The van der Waals surface area contributed by atoms with Crippen molar-refractivity contribution in [3.63, 3.8) is 0 Å². The molecule has 0 unspecified atom stereocenters. The van der Waals surface area contributed by atoms with Crippen LogP contribution in [0.3, 0.4) is 0 Å². The maximum absolute atomic E-state index is 2.37. The summed E-state index contributed by atoms with van der Waals surface area (Å²) in [5.41, 5.74) is 1.57. The predicted molar refractivity (Wildman–Crippen MR) is 35.7 cm³/mol. The van der Waals surface area contributed by atoms with Gasteiger partial charge in [-0.3, -0.25) is 0 Å². The molecule has 1 heteroatoms. The zero-order valence-corrected chi connectivity index (χ0v) is 9.37. The maximum atomic E-state index is 2.37. The van der Waals surface area contributed by atoms with Gasteiger partial charge in [-0.05, 0) is 0 Å². The number of hydrogen-bond acceptors (Lipinski definition) is 0. The summed E-state index contributed by atoms with van der Waals surface area (Å²) in [6.45, 7) is 2.24. The van der Waals surface area contributed by atoms with Crippen molar-refractivity contribution in [1.82, 2.24) is 0 Å². The number of allylic oxidation sites excluding steroid dienone is 4. The molecule has 0 heterocycles. The molecule has 0 radical (unpaired) electrons. The van der Waals surface area contributed by atoms with Crippen LogP contribution in [0.15, 0.2) is 21.1 Å². The van der Waals surface area contributed by atoms with Crippen LogP contribution in [0.4, 0.5) is 0 Å². The molecule has 9 heavy (non-hydrogen) atoms. The van der Waals surface area contributed by atoms with Crippen molar-refractivity contribution < 1.29 is 24.4 Å². The first kappa shape index (κ1) is 7.46. The Morgan fingerprint density at radius 3 is 2.89 bits per heavy atom. The Kier molecular flexibility index (Phi) is 2.90. The van der Waals surface area contributed by atoms with Gasteiger partial charge in [0.1, 0.15) is 0 Å². The van der Waals surface area contributed by atoms with Crippen LogP contribution in [0.1, 0.15) is 26.2 Å². The Morgan fingerprint density at radius 2 is 2.44 bits per heavy atom. The van der Waals surface area contributed by atoms with Crippen LogP contribution >= 0.6 is 0 Å². The topological polar surface area (TPSA) is 0 Å². The van der Waals surface area contributed by atoms with E-state index in [1.165, 1.54) is 43.6 Å². The van der Waals surface area contributed by atoms with Gasteiger partial charge >= 0.3 is 71.6 Å². The van der Waals surface area contributed by atoms with Crippen molar-refractivity contribution in [2.45, 2.75) is 26.2 Å². The fourth-order valence-corrected chi connectivity index (χ4v) is 2.08. The molecule has 1 rings (SSSR count). The standard InChI is InChI=1S/C8H11.Hf/c1-2-5-8-6-3-4-7-8;/h6-7H,2-3,5H2,1H3;. The molecule has 0 bridgehead atoms. The van der Waals surface area contributed by atoms with Crippen LogP contribution in [0.25, 0.3) is 0 Å². The average Bonchev–Trinajstić information content (AvgIpc) is 2.17. The van der Waals surface area contributed by atoms with E-state index >= 15 is 0 Å². The van der Waals surface area contributed by atoms with Crippen molar-refractivity contribution in [1.29, 1.82) is 0 Å². The molecule has 0 aliphatic heterocycles. The Bertz CT molecular complexity index is 154. The molecular weight excluding hydrogens is 275 g/mol. The van der Waals surface area contributed by atoms with E-state index in [0.717, 1.165) is 0 Å². The number of hydrogen-bond donors (Lipinski definition) is 0. The predicted octanol–water partition coefficient (Wildman–Crippen LogP) is 2.55. The van der Waals surface area contributed by atoms with Gasteiger partial charge in [0, 0.05) is 0 Å². The van der Waals surface area contributed by atoms with E-state index in [2.05, 4.69) is 19.1 Å². The van der Waals surface area contributed by atoms with E-state index in [0.29, 0.717) is 0 Å². The number of rotatable bonds is 2. The van der Waals surface area contributed by atoms with Crippen LogP contribution in [0.2, 0.25) is 0 Å². The van der Waals surface area contributed by atoms with Crippen LogP contribution < -0.4 is 0 Å². The molecular formula is C8H11Hf. The van der Waals surface area contributed by atoms with E-state index in [4.69, 9.17) is 0 Å². The first-order valence-electron chi connectivity index (χ1n) is 3.44. The monoisotopic (exact) mass is 287 g/mol. The summed E-state index contributed by atoms with van der Waals surface area (Å²) < 4.78 is 1.65. The fourth-order valence-electron chi connectivity index (χ4n) is 1.05. The Balaban J connectivity index is 2.43. The van der Waals surface area contributed by atoms with Gasteiger partial charge in [0.05, 0.1) is 0 Å². The van der Waals surface area contributed by atoms with Gasteiger partial charge in [-0.25, -0.2) is 0 Å². The van der Waals surface area contributed by atoms with Gasteiger partial charge in [-0.2, -0.15) is 0 Å². The van der Waals surface area contributed by atoms with Crippen molar-refractivity contribution in [2.24, 2.45) is 0 Å². The quantitative estimate of drug-likeness (QED) is 0.684. The third-order valence-corrected chi connectivity index (χ3v) is 2.73. The molecule has 0 saturated carbocycles. The third kappa shape index (κ3) is 2.21. The van der Waals surface area contributed by atoms with Crippen molar-refractivity contribution in [3.05, 3.63) is 21.1 Å². The van der Waals surface area contributed by atoms with E-state index in [9.17, 15) is 0 Å². The van der Waals surface area contributed by atoms with Crippen molar-refractivity contribution >= 4 is 0 Å². The molecule has 0 saturated heterocycles. The SMILES string of the molecule is CCCC1=CC[C]([Hf])=C1. The minimum atomic E-state index is 1.25. The van der Waals surface area contributed by atoms with E-state index in [-0.39, 0.29) is 0 Å². The summed E-state index contributed by atoms with van der Waals surface area (Å²) in [5, 5.41) is 0. The summed E-state index contributed by atoms with van der Waals surface area (Å²) in [6.07, 6.45) is 8.56. The second kappa shape index (κ2) is 3.50.